The van der Waals surface area contributed by atoms with E-state index in [1.54, 1.807) is 24.5 Å². The van der Waals surface area contributed by atoms with E-state index >= 15 is 0 Å². The second-order valence-corrected chi connectivity index (χ2v) is 6.42. The number of benzene rings is 1. The molecule has 0 fully saturated rings. The van der Waals surface area contributed by atoms with Gasteiger partial charge in [-0.2, -0.15) is 0 Å². The number of carbonyl (C=O) groups is 1. The van der Waals surface area contributed by atoms with Gasteiger partial charge in [0.1, 0.15) is 17.6 Å². The van der Waals surface area contributed by atoms with Gasteiger partial charge in [0, 0.05) is 15.3 Å². The highest BCUT2D eigenvalue weighted by Gasteiger charge is 2.29. The van der Waals surface area contributed by atoms with E-state index in [9.17, 15) is 4.79 Å². The van der Waals surface area contributed by atoms with Crippen LogP contribution in [0, 0.1) is 13.8 Å². The number of rotatable bonds is 2. The molecule has 1 atom stereocenters. The first-order chi connectivity index (χ1) is 9.58. The zero-order valence-electron chi connectivity index (χ0n) is 11.7. The molecule has 104 valence electrons. The summed E-state index contributed by atoms with van der Waals surface area (Å²) in [5.74, 6) is 1.44. The summed E-state index contributed by atoms with van der Waals surface area (Å²) >= 11 is 1.74. The molecule has 0 saturated heterocycles. The molecule has 0 spiro atoms. The lowest BCUT2D eigenvalue weighted by Gasteiger charge is -2.25. The van der Waals surface area contributed by atoms with Crippen molar-refractivity contribution in [1.29, 1.82) is 0 Å². The molecule has 3 nitrogen and oxygen atoms in total. The minimum absolute atomic E-state index is 0.110. The fourth-order valence-electron chi connectivity index (χ4n) is 2.57. The molecule has 0 bridgehead atoms. The molecule has 0 radical (unpaired) electrons. The highest BCUT2D eigenvalue weighted by molar-refractivity contribution is 7.12. The number of carbonyl (C=O) groups excluding carboxylic acids is 1. The van der Waals surface area contributed by atoms with Crippen molar-refractivity contribution in [2.45, 2.75) is 26.4 Å². The average molecular weight is 288 g/mol. The Labute approximate surface area is 122 Å². The Morgan fingerprint density at radius 1 is 1.30 bits per heavy atom. The molecule has 1 aliphatic heterocycles. The summed E-state index contributed by atoms with van der Waals surface area (Å²) in [6.45, 7) is 4.15. The fraction of sp³-hybridized carbons (Fsp3) is 0.312. The molecule has 0 amide bonds. The Balaban J connectivity index is 1.97. The third-order valence-corrected chi connectivity index (χ3v) is 4.54. The predicted molar refractivity (Wildman–Crippen MR) is 79.1 cm³/mol. The van der Waals surface area contributed by atoms with Crippen molar-refractivity contribution in [2.24, 2.45) is 0 Å². The number of hydrogen-bond donors (Lipinski definition) is 0. The first-order valence-electron chi connectivity index (χ1n) is 6.53. The van der Waals surface area contributed by atoms with Crippen LogP contribution >= 0.6 is 11.3 Å². The highest BCUT2D eigenvalue weighted by Crippen LogP contribution is 2.39. The van der Waals surface area contributed by atoms with Gasteiger partial charge in [-0.3, -0.25) is 4.79 Å². The fourth-order valence-corrected chi connectivity index (χ4v) is 3.55. The van der Waals surface area contributed by atoms with E-state index < -0.39 is 0 Å². The van der Waals surface area contributed by atoms with Crippen LogP contribution in [-0.4, -0.2) is 12.9 Å². The number of ether oxygens (including phenoxy) is 2. The molecule has 2 heterocycles. The third-order valence-electron chi connectivity index (χ3n) is 3.55. The Bertz CT molecular complexity index is 672. The number of fused-ring (bicyclic) bond motifs is 1. The predicted octanol–water partition coefficient (Wildman–Crippen LogP) is 4.08. The average Bonchev–Trinajstić information content (AvgIpc) is 2.77. The van der Waals surface area contributed by atoms with Crippen LogP contribution in [0.25, 0.3) is 0 Å². The molecule has 20 heavy (non-hydrogen) atoms. The Morgan fingerprint density at radius 3 is 2.75 bits per heavy atom. The second-order valence-electron chi connectivity index (χ2n) is 4.96. The highest BCUT2D eigenvalue weighted by atomic mass is 32.1. The normalized spacial score (nSPS) is 17.6. The van der Waals surface area contributed by atoms with Gasteiger partial charge in [-0.25, -0.2) is 0 Å². The molecule has 0 saturated carbocycles. The molecule has 0 N–H and O–H groups in total. The number of thiophene rings is 1. The van der Waals surface area contributed by atoms with Gasteiger partial charge in [-0.05, 0) is 38.1 Å². The smallest absolute Gasteiger partial charge is 0.170 e. The van der Waals surface area contributed by atoms with Gasteiger partial charge in [0.2, 0.25) is 0 Å². The molecule has 1 aliphatic rings. The monoisotopic (exact) mass is 288 g/mol. The Morgan fingerprint density at radius 2 is 2.10 bits per heavy atom. The molecule has 3 rings (SSSR count). The zero-order chi connectivity index (χ0) is 14.3. The summed E-state index contributed by atoms with van der Waals surface area (Å²) in [6.07, 6.45) is 0.213. The lowest BCUT2D eigenvalue weighted by Crippen LogP contribution is -2.20. The largest absolute Gasteiger partial charge is 0.497 e. The van der Waals surface area contributed by atoms with Crippen molar-refractivity contribution in [2.75, 3.05) is 7.11 Å². The van der Waals surface area contributed by atoms with Crippen molar-refractivity contribution >= 4 is 17.1 Å². The van der Waals surface area contributed by atoms with E-state index in [0.717, 1.165) is 5.56 Å². The first kappa shape index (κ1) is 13.2. The van der Waals surface area contributed by atoms with Crippen LogP contribution in [0.1, 0.15) is 38.2 Å². The van der Waals surface area contributed by atoms with E-state index in [1.165, 1.54) is 9.75 Å². The standard InChI is InChI=1S/C16H16O3S/c1-9-6-12(10(2)20-9)16-8-14(17)13-7-11(18-3)4-5-15(13)19-16/h4-7,16H,8H2,1-3H3. The maximum atomic E-state index is 12.3. The van der Waals surface area contributed by atoms with Gasteiger partial charge >= 0.3 is 0 Å². The molecular formula is C16H16O3S. The van der Waals surface area contributed by atoms with Gasteiger partial charge in [-0.15, -0.1) is 11.3 Å². The number of hydrogen-bond acceptors (Lipinski definition) is 4. The summed E-state index contributed by atoms with van der Waals surface area (Å²) in [7, 11) is 1.59. The summed E-state index contributed by atoms with van der Waals surface area (Å²) < 4.78 is 11.2. The second kappa shape index (κ2) is 4.94. The van der Waals surface area contributed by atoms with Gasteiger partial charge in [-0.1, -0.05) is 0 Å². The van der Waals surface area contributed by atoms with Gasteiger partial charge in [0.05, 0.1) is 19.1 Å². The van der Waals surface area contributed by atoms with Crippen LogP contribution in [0.4, 0.5) is 0 Å². The molecule has 1 aromatic carbocycles. The lowest BCUT2D eigenvalue weighted by atomic mass is 9.96. The van der Waals surface area contributed by atoms with Crippen molar-refractivity contribution in [3.8, 4) is 11.5 Å². The molecular weight excluding hydrogens is 272 g/mol. The van der Waals surface area contributed by atoms with Crippen LogP contribution in [0.15, 0.2) is 24.3 Å². The molecule has 4 heteroatoms. The zero-order valence-corrected chi connectivity index (χ0v) is 12.5. The summed E-state index contributed by atoms with van der Waals surface area (Å²) in [5, 5.41) is 0. The van der Waals surface area contributed by atoms with Crippen molar-refractivity contribution < 1.29 is 14.3 Å². The van der Waals surface area contributed by atoms with E-state index in [4.69, 9.17) is 9.47 Å². The number of ketones is 1. The minimum Gasteiger partial charge on any atom is -0.497 e. The van der Waals surface area contributed by atoms with Crippen LogP contribution < -0.4 is 9.47 Å². The van der Waals surface area contributed by atoms with Crippen LogP contribution in [0.5, 0.6) is 11.5 Å². The van der Waals surface area contributed by atoms with E-state index in [-0.39, 0.29) is 11.9 Å². The molecule has 2 aromatic rings. The van der Waals surface area contributed by atoms with Crippen LogP contribution in [0.2, 0.25) is 0 Å². The Kier molecular flexibility index (Phi) is 3.26. The summed E-state index contributed by atoms with van der Waals surface area (Å²) in [5.41, 5.74) is 1.74. The maximum absolute atomic E-state index is 12.3. The quantitative estimate of drug-likeness (QED) is 0.835. The molecule has 1 unspecified atom stereocenters. The molecule has 1 aromatic heterocycles. The van der Waals surface area contributed by atoms with Crippen molar-refractivity contribution in [1.82, 2.24) is 0 Å². The minimum atomic E-state index is -0.173. The van der Waals surface area contributed by atoms with E-state index in [2.05, 4.69) is 19.9 Å². The number of methoxy groups -OCH3 is 1. The van der Waals surface area contributed by atoms with Crippen molar-refractivity contribution in [3.63, 3.8) is 0 Å². The topological polar surface area (TPSA) is 35.5 Å². The number of aryl methyl sites for hydroxylation is 2. The summed E-state index contributed by atoms with van der Waals surface area (Å²) in [6, 6.07) is 7.50. The third kappa shape index (κ3) is 2.20. The maximum Gasteiger partial charge on any atom is 0.170 e. The first-order valence-corrected chi connectivity index (χ1v) is 7.35. The van der Waals surface area contributed by atoms with Gasteiger partial charge < -0.3 is 9.47 Å². The summed E-state index contributed by atoms with van der Waals surface area (Å²) in [4.78, 5) is 14.8. The van der Waals surface area contributed by atoms with E-state index in [0.29, 0.717) is 23.5 Å². The van der Waals surface area contributed by atoms with Gasteiger partial charge in [0.25, 0.3) is 0 Å². The number of Topliss-reactive ketones (excluding diaryl/α,β-unsaturated/α-hetero) is 1. The van der Waals surface area contributed by atoms with E-state index in [1.807, 2.05) is 12.1 Å². The Hall–Kier alpha value is -1.81. The lowest BCUT2D eigenvalue weighted by molar-refractivity contribution is 0.0849. The van der Waals surface area contributed by atoms with Crippen LogP contribution in [-0.2, 0) is 0 Å². The molecule has 0 aliphatic carbocycles. The SMILES string of the molecule is COc1ccc2c(c1)C(=O)CC(c1cc(C)sc1C)O2. The van der Waals surface area contributed by atoms with Crippen molar-refractivity contribution in [3.05, 3.63) is 45.1 Å². The van der Waals surface area contributed by atoms with Crippen LogP contribution in [0.3, 0.4) is 0 Å². The van der Waals surface area contributed by atoms with Gasteiger partial charge in [0.15, 0.2) is 5.78 Å².